The van der Waals surface area contributed by atoms with Crippen LogP contribution in [-0.2, 0) is 4.74 Å². The molecule has 1 aliphatic carbocycles. The first-order valence-electron chi connectivity index (χ1n) is 5.89. The Kier molecular flexibility index (Phi) is 5.00. The van der Waals surface area contributed by atoms with Crippen molar-refractivity contribution in [1.82, 2.24) is 0 Å². The van der Waals surface area contributed by atoms with E-state index in [0.29, 0.717) is 16.5 Å². The van der Waals surface area contributed by atoms with Crippen LogP contribution in [0.3, 0.4) is 0 Å². The lowest BCUT2D eigenvalue weighted by Crippen LogP contribution is -2.26. The molecule has 1 fully saturated rings. The summed E-state index contributed by atoms with van der Waals surface area (Å²) in [5.41, 5.74) is 5.95. The van der Waals surface area contributed by atoms with Gasteiger partial charge in [0, 0.05) is 6.61 Å². The van der Waals surface area contributed by atoms with Gasteiger partial charge in [-0.2, -0.15) is 0 Å². The molecular weight excluding hydrogens is 206 g/mol. The molecule has 0 saturated heterocycles. The van der Waals surface area contributed by atoms with E-state index in [4.69, 9.17) is 22.7 Å². The lowest BCUT2D eigenvalue weighted by Gasteiger charge is -2.34. The van der Waals surface area contributed by atoms with Crippen LogP contribution in [0.1, 0.15) is 52.4 Å². The fraction of sp³-hybridized carbons (Fsp3) is 0.917. The van der Waals surface area contributed by atoms with E-state index in [0.717, 1.165) is 19.4 Å². The molecule has 2 N–H and O–H groups in total. The zero-order valence-electron chi connectivity index (χ0n) is 9.92. The number of rotatable bonds is 5. The Balaban J connectivity index is 2.06. The van der Waals surface area contributed by atoms with E-state index >= 15 is 0 Å². The third kappa shape index (κ3) is 5.47. The minimum absolute atomic E-state index is 0.476. The van der Waals surface area contributed by atoms with Gasteiger partial charge in [0.05, 0.1) is 11.1 Å². The molecule has 2 nitrogen and oxygen atoms in total. The molecule has 0 radical (unpaired) electrons. The van der Waals surface area contributed by atoms with Gasteiger partial charge in [-0.15, -0.1) is 0 Å². The fourth-order valence-corrected chi connectivity index (χ4v) is 2.18. The number of thiocarbonyl (C=S) groups is 1. The van der Waals surface area contributed by atoms with E-state index in [9.17, 15) is 0 Å². The number of hydrogen-bond donors (Lipinski definition) is 1. The van der Waals surface area contributed by atoms with Gasteiger partial charge in [-0.05, 0) is 43.9 Å². The first kappa shape index (κ1) is 12.9. The molecular formula is C12H23NOS. The summed E-state index contributed by atoms with van der Waals surface area (Å²) < 4.78 is 5.81. The molecule has 0 aromatic rings. The minimum Gasteiger partial charge on any atom is -0.393 e. The zero-order chi connectivity index (χ0) is 11.3. The third-order valence-corrected chi connectivity index (χ3v) is 3.41. The summed E-state index contributed by atoms with van der Waals surface area (Å²) in [5.74, 6) is 0. The lowest BCUT2D eigenvalue weighted by molar-refractivity contribution is 0.00398. The Hall–Kier alpha value is -0.150. The second kappa shape index (κ2) is 5.80. The van der Waals surface area contributed by atoms with Crippen LogP contribution < -0.4 is 5.73 Å². The molecule has 3 heteroatoms. The van der Waals surface area contributed by atoms with Crippen molar-refractivity contribution in [1.29, 1.82) is 0 Å². The topological polar surface area (TPSA) is 35.2 Å². The lowest BCUT2D eigenvalue weighted by atomic mass is 9.76. The van der Waals surface area contributed by atoms with Crippen LogP contribution in [-0.4, -0.2) is 17.7 Å². The van der Waals surface area contributed by atoms with Gasteiger partial charge in [-0.3, -0.25) is 0 Å². The second-order valence-corrected chi connectivity index (χ2v) is 5.83. The van der Waals surface area contributed by atoms with Crippen LogP contribution in [0.2, 0.25) is 0 Å². The normalized spacial score (nSPS) is 21.5. The van der Waals surface area contributed by atoms with E-state index in [2.05, 4.69) is 13.8 Å². The van der Waals surface area contributed by atoms with Crippen molar-refractivity contribution in [2.45, 2.75) is 58.5 Å². The van der Waals surface area contributed by atoms with Crippen LogP contribution in [0.5, 0.6) is 0 Å². The first-order chi connectivity index (χ1) is 6.99. The third-order valence-electron chi connectivity index (χ3n) is 3.21. The van der Waals surface area contributed by atoms with Gasteiger partial charge in [0.25, 0.3) is 0 Å². The van der Waals surface area contributed by atoms with Crippen LogP contribution in [0.25, 0.3) is 0 Å². The average molecular weight is 229 g/mol. The van der Waals surface area contributed by atoms with Gasteiger partial charge in [-0.25, -0.2) is 0 Å². The van der Waals surface area contributed by atoms with E-state index in [1.807, 2.05) is 0 Å². The summed E-state index contributed by atoms with van der Waals surface area (Å²) in [6, 6.07) is 0. The van der Waals surface area contributed by atoms with Gasteiger partial charge < -0.3 is 10.5 Å². The van der Waals surface area contributed by atoms with Crippen molar-refractivity contribution in [3.05, 3.63) is 0 Å². The highest BCUT2D eigenvalue weighted by molar-refractivity contribution is 7.80. The molecule has 0 bridgehead atoms. The Labute approximate surface area is 98.6 Å². The van der Waals surface area contributed by atoms with Gasteiger partial charge in [0.2, 0.25) is 0 Å². The smallest absolute Gasteiger partial charge is 0.0728 e. The fourth-order valence-electron chi connectivity index (χ4n) is 2.04. The Morgan fingerprint density at radius 1 is 1.40 bits per heavy atom. The first-order valence-corrected chi connectivity index (χ1v) is 6.30. The summed E-state index contributed by atoms with van der Waals surface area (Å²) in [6.07, 6.45) is 7.24. The molecule has 0 atom stereocenters. The van der Waals surface area contributed by atoms with Crippen LogP contribution in [0, 0.1) is 5.41 Å². The average Bonchev–Trinajstić information content (AvgIpc) is 2.14. The molecule has 88 valence electrons. The highest BCUT2D eigenvalue weighted by atomic mass is 32.1. The molecule has 1 rings (SSSR count). The summed E-state index contributed by atoms with van der Waals surface area (Å²) in [5, 5.41) is 0. The van der Waals surface area contributed by atoms with Gasteiger partial charge in [0.15, 0.2) is 0 Å². The number of hydrogen-bond acceptors (Lipinski definition) is 2. The van der Waals surface area contributed by atoms with Crippen molar-refractivity contribution in [3.8, 4) is 0 Å². The highest BCUT2D eigenvalue weighted by Crippen LogP contribution is 2.36. The SMILES string of the molecule is CC1(C)CCC(OCCCC(N)=S)CC1. The largest absolute Gasteiger partial charge is 0.393 e. The van der Waals surface area contributed by atoms with Crippen molar-refractivity contribution < 1.29 is 4.74 Å². The maximum absolute atomic E-state index is 5.81. The minimum atomic E-state index is 0.476. The van der Waals surface area contributed by atoms with Gasteiger partial charge in [0.1, 0.15) is 0 Å². The van der Waals surface area contributed by atoms with E-state index in [1.54, 1.807) is 0 Å². The standard InChI is InChI=1S/C12H23NOS/c1-12(2)7-5-10(6-8-12)14-9-3-4-11(13)15/h10H,3-9H2,1-2H3,(H2,13,15). The zero-order valence-corrected chi connectivity index (χ0v) is 10.7. The maximum Gasteiger partial charge on any atom is 0.0728 e. The monoisotopic (exact) mass is 229 g/mol. The molecule has 0 aromatic carbocycles. The van der Waals surface area contributed by atoms with E-state index in [-0.39, 0.29) is 0 Å². The molecule has 15 heavy (non-hydrogen) atoms. The molecule has 0 unspecified atom stereocenters. The molecule has 0 heterocycles. The number of nitrogens with two attached hydrogens (primary N) is 1. The summed E-state index contributed by atoms with van der Waals surface area (Å²) >= 11 is 4.82. The Bertz CT molecular complexity index is 206. The summed E-state index contributed by atoms with van der Waals surface area (Å²) in [7, 11) is 0. The van der Waals surface area contributed by atoms with Crippen LogP contribution >= 0.6 is 12.2 Å². The van der Waals surface area contributed by atoms with E-state index < -0.39 is 0 Å². The number of ether oxygens (including phenoxy) is 1. The predicted octanol–water partition coefficient (Wildman–Crippen LogP) is 3.04. The molecule has 0 spiro atoms. The second-order valence-electron chi connectivity index (χ2n) is 5.30. The van der Waals surface area contributed by atoms with Crippen molar-refractivity contribution in [3.63, 3.8) is 0 Å². The van der Waals surface area contributed by atoms with Crippen molar-refractivity contribution in [2.24, 2.45) is 11.1 Å². The van der Waals surface area contributed by atoms with Gasteiger partial charge in [-0.1, -0.05) is 26.1 Å². The maximum atomic E-state index is 5.81. The van der Waals surface area contributed by atoms with Crippen LogP contribution in [0.15, 0.2) is 0 Å². The Morgan fingerprint density at radius 3 is 2.53 bits per heavy atom. The molecule has 0 aromatic heterocycles. The molecule has 1 aliphatic rings. The van der Waals surface area contributed by atoms with Gasteiger partial charge >= 0.3 is 0 Å². The van der Waals surface area contributed by atoms with Crippen molar-refractivity contribution >= 4 is 17.2 Å². The predicted molar refractivity (Wildman–Crippen MR) is 68.0 cm³/mol. The van der Waals surface area contributed by atoms with Crippen LogP contribution in [0.4, 0.5) is 0 Å². The van der Waals surface area contributed by atoms with Crippen molar-refractivity contribution in [2.75, 3.05) is 6.61 Å². The quantitative estimate of drug-likeness (QED) is 0.581. The summed E-state index contributed by atoms with van der Waals surface area (Å²) in [6.45, 7) is 5.49. The molecule has 0 aliphatic heterocycles. The highest BCUT2D eigenvalue weighted by Gasteiger charge is 2.26. The Morgan fingerprint density at radius 2 is 2.00 bits per heavy atom. The molecule has 1 saturated carbocycles. The molecule has 0 amide bonds. The van der Waals surface area contributed by atoms with E-state index in [1.165, 1.54) is 25.7 Å². The summed E-state index contributed by atoms with van der Waals surface area (Å²) in [4.78, 5) is 0.600.